The summed E-state index contributed by atoms with van der Waals surface area (Å²) in [4.78, 5) is 22.8. The third kappa shape index (κ3) is 4.24. The van der Waals surface area contributed by atoms with Crippen molar-refractivity contribution in [1.82, 2.24) is 14.5 Å². The van der Waals surface area contributed by atoms with Crippen LogP contribution in [0.25, 0.3) is 11.0 Å². The fourth-order valence-electron chi connectivity index (χ4n) is 5.32. The Morgan fingerprint density at radius 3 is 2.67 bits per heavy atom. The van der Waals surface area contributed by atoms with Crippen molar-refractivity contribution in [3.05, 3.63) is 59.4 Å². The van der Waals surface area contributed by atoms with Crippen molar-refractivity contribution in [3.63, 3.8) is 0 Å². The van der Waals surface area contributed by atoms with E-state index in [0.29, 0.717) is 31.6 Å². The quantitative estimate of drug-likeness (QED) is 0.528. The molecule has 1 aromatic heterocycles. The Morgan fingerprint density at radius 2 is 1.91 bits per heavy atom. The van der Waals surface area contributed by atoms with Gasteiger partial charge in [0.15, 0.2) is 0 Å². The van der Waals surface area contributed by atoms with Gasteiger partial charge in [0.25, 0.3) is 0 Å². The van der Waals surface area contributed by atoms with Gasteiger partial charge in [0.2, 0.25) is 0 Å². The molecule has 6 heteroatoms. The van der Waals surface area contributed by atoms with E-state index in [1.54, 1.807) is 0 Å². The highest BCUT2D eigenvalue weighted by Crippen LogP contribution is 2.35. The summed E-state index contributed by atoms with van der Waals surface area (Å²) in [6.07, 6.45) is 5.71. The van der Waals surface area contributed by atoms with Crippen LogP contribution in [0.15, 0.2) is 42.5 Å². The lowest BCUT2D eigenvalue weighted by Gasteiger charge is -2.40. The van der Waals surface area contributed by atoms with Crippen LogP contribution in [0.1, 0.15) is 62.9 Å². The molecule has 174 valence electrons. The van der Waals surface area contributed by atoms with Gasteiger partial charge >= 0.3 is 6.03 Å². The molecule has 0 bridgehead atoms. The molecule has 1 fully saturated rings. The van der Waals surface area contributed by atoms with Crippen molar-refractivity contribution in [2.45, 2.75) is 78.2 Å². The number of imidazole rings is 1. The number of para-hydroxylation sites is 1. The summed E-state index contributed by atoms with van der Waals surface area (Å²) >= 11 is 0. The SMILES string of the molecule is CC(C)CCn1c(CN2C(=O)N(C3CCCC3)Cc3ccccc32)nc2cc(CN)ccc21. The van der Waals surface area contributed by atoms with E-state index in [-0.39, 0.29) is 6.03 Å². The van der Waals surface area contributed by atoms with E-state index in [4.69, 9.17) is 10.7 Å². The number of hydrogen-bond acceptors (Lipinski definition) is 3. The Morgan fingerprint density at radius 1 is 1.12 bits per heavy atom. The molecule has 0 unspecified atom stereocenters. The minimum absolute atomic E-state index is 0.116. The molecule has 0 radical (unpaired) electrons. The van der Waals surface area contributed by atoms with Crippen molar-refractivity contribution in [1.29, 1.82) is 0 Å². The van der Waals surface area contributed by atoms with Gasteiger partial charge in [-0.15, -0.1) is 0 Å². The second-order valence-electron chi connectivity index (χ2n) is 9.95. The predicted octanol–water partition coefficient (Wildman–Crippen LogP) is 5.43. The molecule has 2 N–H and O–H groups in total. The van der Waals surface area contributed by atoms with Gasteiger partial charge in [0, 0.05) is 25.7 Å². The number of hydrogen-bond donors (Lipinski definition) is 1. The molecule has 2 aromatic carbocycles. The minimum Gasteiger partial charge on any atom is -0.326 e. The maximum Gasteiger partial charge on any atom is 0.325 e. The van der Waals surface area contributed by atoms with Gasteiger partial charge in [-0.1, -0.05) is 51.0 Å². The highest BCUT2D eigenvalue weighted by Gasteiger charge is 2.36. The van der Waals surface area contributed by atoms with E-state index in [0.717, 1.165) is 53.9 Å². The normalized spacial score (nSPS) is 16.9. The van der Waals surface area contributed by atoms with Crippen LogP contribution in [0.3, 0.4) is 0 Å². The number of nitrogens with two attached hydrogens (primary N) is 1. The average molecular weight is 446 g/mol. The number of anilines is 1. The van der Waals surface area contributed by atoms with Crippen LogP contribution in [0.4, 0.5) is 10.5 Å². The van der Waals surface area contributed by atoms with Crippen LogP contribution in [0, 0.1) is 5.92 Å². The van der Waals surface area contributed by atoms with Gasteiger partial charge < -0.3 is 15.2 Å². The zero-order chi connectivity index (χ0) is 22.9. The van der Waals surface area contributed by atoms with E-state index in [1.165, 1.54) is 18.4 Å². The van der Waals surface area contributed by atoms with Crippen LogP contribution in [0.2, 0.25) is 0 Å². The first-order chi connectivity index (χ1) is 16.0. The number of rotatable bonds is 7. The predicted molar refractivity (Wildman–Crippen MR) is 133 cm³/mol. The summed E-state index contributed by atoms with van der Waals surface area (Å²) < 4.78 is 2.31. The minimum atomic E-state index is 0.116. The Balaban J connectivity index is 1.54. The van der Waals surface area contributed by atoms with E-state index in [9.17, 15) is 4.79 Å². The van der Waals surface area contributed by atoms with E-state index < -0.39 is 0 Å². The number of amides is 2. The van der Waals surface area contributed by atoms with Crippen LogP contribution in [-0.4, -0.2) is 26.5 Å². The maximum absolute atomic E-state index is 13.8. The Kier molecular flexibility index (Phi) is 6.11. The summed E-state index contributed by atoms with van der Waals surface area (Å²) in [5, 5.41) is 0. The summed E-state index contributed by atoms with van der Waals surface area (Å²) in [5.41, 5.74) is 11.3. The standard InChI is InChI=1S/C27H35N5O/c1-19(2)13-14-30-25-12-11-20(16-28)15-23(25)29-26(30)18-32-24-10-6-3-7-21(24)17-31(27(32)33)22-8-4-5-9-22/h3,6-7,10-12,15,19,22H,4-5,8-9,13-14,16-18,28H2,1-2H3. The van der Waals surface area contributed by atoms with Crippen LogP contribution in [-0.2, 0) is 26.2 Å². The van der Waals surface area contributed by atoms with E-state index >= 15 is 0 Å². The van der Waals surface area contributed by atoms with E-state index in [1.807, 2.05) is 11.0 Å². The Hall–Kier alpha value is -2.86. The van der Waals surface area contributed by atoms with Gasteiger partial charge in [-0.05, 0) is 54.5 Å². The molecule has 0 atom stereocenters. The lowest BCUT2D eigenvalue weighted by Crippen LogP contribution is -2.50. The molecule has 3 aromatic rings. The van der Waals surface area contributed by atoms with Crippen LogP contribution in [0.5, 0.6) is 0 Å². The number of urea groups is 1. The molecule has 5 rings (SSSR count). The molecule has 2 aliphatic rings. The molecular weight excluding hydrogens is 410 g/mol. The number of aryl methyl sites for hydroxylation is 1. The van der Waals surface area contributed by atoms with Crippen molar-refractivity contribution in [3.8, 4) is 0 Å². The monoisotopic (exact) mass is 445 g/mol. The van der Waals surface area contributed by atoms with Gasteiger partial charge in [0.05, 0.1) is 23.3 Å². The Bertz CT molecular complexity index is 1140. The largest absolute Gasteiger partial charge is 0.326 e. The molecular formula is C27H35N5O. The zero-order valence-electron chi connectivity index (χ0n) is 19.8. The van der Waals surface area contributed by atoms with Gasteiger partial charge in [-0.3, -0.25) is 4.90 Å². The topological polar surface area (TPSA) is 67.4 Å². The third-order valence-corrected chi connectivity index (χ3v) is 7.22. The number of carbonyl (C=O) groups is 1. The smallest absolute Gasteiger partial charge is 0.325 e. The second-order valence-corrected chi connectivity index (χ2v) is 9.95. The summed E-state index contributed by atoms with van der Waals surface area (Å²) in [7, 11) is 0. The first-order valence-corrected chi connectivity index (χ1v) is 12.4. The fraction of sp³-hybridized carbons (Fsp3) is 0.481. The second kappa shape index (κ2) is 9.18. The number of aromatic nitrogens is 2. The van der Waals surface area contributed by atoms with Crippen molar-refractivity contribution in [2.24, 2.45) is 11.7 Å². The van der Waals surface area contributed by atoms with Crippen LogP contribution >= 0.6 is 0 Å². The number of benzene rings is 2. The fourth-order valence-corrected chi connectivity index (χ4v) is 5.32. The lowest BCUT2D eigenvalue weighted by molar-refractivity contribution is 0.173. The molecule has 33 heavy (non-hydrogen) atoms. The summed E-state index contributed by atoms with van der Waals surface area (Å²) in [6, 6.07) is 15.1. The van der Waals surface area contributed by atoms with E-state index in [2.05, 4.69) is 59.7 Å². The molecule has 0 saturated heterocycles. The average Bonchev–Trinajstić information content (AvgIpc) is 3.46. The van der Waals surface area contributed by atoms with Gasteiger partial charge in [0.1, 0.15) is 5.82 Å². The first kappa shape index (κ1) is 22.0. The van der Waals surface area contributed by atoms with Gasteiger partial charge in [-0.2, -0.15) is 0 Å². The van der Waals surface area contributed by atoms with Crippen molar-refractivity contribution >= 4 is 22.8 Å². The molecule has 0 spiro atoms. The zero-order valence-corrected chi connectivity index (χ0v) is 19.8. The molecule has 2 heterocycles. The van der Waals surface area contributed by atoms with Crippen molar-refractivity contribution in [2.75, 3.05) is 4.90 Å². The third-order valence-electron chi connectivity index (χ3n) is 7.22. The Labute approximate surface area is 196 Å². The number of fused-ring (bicyclic) bond motifs is 2. The first-order valence-electron chi connectivity index (χ1n) is 12.4. The maximum atomic E-state index is 13.8. The summed E-state index contributed by atoms with van der Waals surface area (Å²) in [6.45, 7) is 7.06. The lowest BCUT2D eigenvalue weighted by atomic mass is 10.1. The van der Waals surface area contributed by atoms with Gasteiger partial charge in [-0.25, -0.2) is 9.78 Å². The van der Waals surface area contributed by atoms with Crippen LogP contribution < -0.4 is 10.6 Å². The molecule has 1 saturated carbocycles. The highest BCUT2D eigenvalue weighted by molar-refractivity contribution is 5.95. The molecule has 1 aliphatic carbocycles. The number of carbonyl (C=O) groups excluding carboxylic acids is 1. The molecule has 1 aliphatic heterocycles. The number of nitrogens with zero attached hydrogens (tertiary/aromatic N) is 4. The molecule has 6 nitrogen and oxygen atoms in total. The highest BCUT2D eigenvalue weighted by atomic mass is 16.2. The summed E-state index contributed by atoms with van der Waals surface area (Å²) in [5.74, 6) is 1.53. The molecule has 2 amide bonds. The van der Waals surface area contributed by atoms with Crippen molar-refractivity contribution < 1.29 is 4.79 Å².